The van der Waals surface area contributed by atoms with E-state index in [0.29, 0.717) is 17.2 Å². The molecular formula is C14H22ClNO2. The zero-order chi connectivity index (χ0) is 13.9. The van der Waals surface area contributed by atoms with Gasteiger partial charge in [-0.3, -0.25) is 0 Å². The zero-order valence-electron chi connectivity index (χ0n) is 11.8. The molecule has 2 N–H and O–H groups in total. The van der Waals surface area contributed by atoms with Crippen LogP contribution in [0.4, 0.5) is 0 Å². The summed E-state index contributed by atoms with van der Waals surface area (Å²) < 4.78 is 10.7. The van der Waals surface area contributed by atoms with Crippen LogP contribution in [-0.4, -0.2) is 19.8 Å². The van der Waals surface area contributed by atoms with Gasteiger partial charge in [0.25, 0.3) is 0 Å². The highest BCUT2D eigenvalue weighted by Gasteiger charge is 2.22. The van der Waals surface area contributed by atoms with Crippen molar-refractivity contribution in [2.24, 2.45) is 5.73 Å². The van der Waals surface area contributed by atoms with Crippen molar-refractivity contribution in [3.05, 3.63) is 22.2 Å². The van der Waals surface area contributed by atoms with Gasteiger partial charge in [0, 0.05) is 22.2 Å². The van der Waals surface area contributed by atoms with Gasteiger partial charge in [-0.1, -0.05) is 18.5 Å². The van der Waals surface area contributed by atoms with Crippen molar-refractivity contribution in [3.8, 4) is 11.5 Å². The lowest BCUT2D eigenvalue weighted by Gasteiger charge is -2.23. The maximum atomic E-state index is 6.34. The first-order valence-electron chi connectivity index (χ1n) is 6.05. The topological polar surface area (TPSA) is 44.5 Å². The highest BCUT2D eigenvalue weighted by atomic mass is 35.5. The van der Waals surface area contributed by atoms with Crippen LogP contribution < -0.4 is 15.2 Å². The van der Waals surface area contributed by atoms with E-state index in [-0.39, 0.29) is 5.54 Å². The van der Waals surface area contributed by atoms with E-state index in [0.717, 1.165) is 23.3 Å². The summed E-state index contributed by atoms with van der Waals surface area (Å²) in [5.41, 5.74) is 7.89. The molecule has 1 rings (SSSR count). The Kier molecular flexibility index (Phi) is 4.88. The van der Waals surface area contributed by atoms with Gasteiger partial charge in [0.05, 0.1) is 14.2 Å². The molecule has 0 aliphatic heterocycles. The molecule has 0 spiro atoms. The number of hydrogen-bond acceptors (Lipinski definition) is 3. The smallest absolute Gasteiger partial charge is 0.164 e. The Bertz CT molecular complexity index is 425. The average molecular weight is 272 g/mol. The summed E-state index contributed by atoms with van der Waals surface area (Å²) in [4.78, 5) is 0. The van der Waals surface area contributed by atoms with Crippen LogP contribution in [0.25, 0.3) is 0 Å². The van der Waals surface area contributed by atoms with Crippen molar-refractivity contribution in [1.82, 2.24) is 0 Å². The number of methoxy groups -OCH3 is 2. The summed E-state index contributed by atoms with van der Waals surface area (Å²) in [6.07, 6.45) is 1.53. The normalized spacial score (nSPS) is 11.5. The van der Waals surface area contributed by atoms with Crippen LogP contribution in [0.5, 0.6) is 11.5 Å². The minimum Gasteiger partial charge on any atom is -0.493 e. The number of rotatable bonds is 5. The Hall–Kier alpha value is -0.930. The first-order valence-corrected chi connectivity index (χ1v) is 6.43. The lowest BCUT2D eigenvalue weighted by atomic mass is 9.91. The lowest BCUT2D eigenvalue weighted by molar-refractivity contribution is 0.351. The second-order valence-electron chi connectivity index (χ2n) is 5.07. The molecule has 0 aromatic heterocycles. The quantitative estimate of drug-likeness (QED) is 0.894. The predicted octanol–water partition coefficient (Wildman–Crippen LogP) is 3.20. The molecule has 0 aliphatic carbocycles. The molecule has 0 heterocycles. The number of hydrogen-bond donors (Lipinski definition) is 1. The first-order chi connectivity index (χ1) is 8.34. The minimum absolute atomic E-state index is 0.312. The average Bonchev–Trinajstić information content (AvgIpc) is 2.29. The summed E-state index contributed by atoms with van der Waals surface area (Å²) in [5, 5.41) is 0.683. The van der Waals surface area contributed by atoms with Gasteiger partial charge in [-0.05, 0) is 32.3 Å². The Morgan fingerprint density at radius 1 is 1.22 bits per heavy atom. The molecule has 18 heavy (non-hydrogen) atoms. The van der Waals surface area contributed by atoms with Crippen molar-refractivity contribution in [2.45, 2.75) is 39.2 Å². The highest BCUT2D eigenvalue weighted by molar-refractivity contribution is 6.31. The number of halogens is 1. The van der Waals surface area contributed by atoms with E-state index in [1.807, 2.05) is 13.8 Å². The molecule has 0 radical (unpaired) electrons. The molecule has 4 heteroatoms. The van der Waals surface area contributed by atoms with E-state index in [1.54, 1.807) is 20.3 Å². The second kappa shape index (κ2) is 5.81. The van der Waals surface area contributed by atoms with E-state index in [9.17, 15) is 0 Å². The summed E-state index contributed by atoms with van der Waals surface area (Å²) in [5.74, 6) is 1.42. The van der Waals surface area contributed by atoms with E-state index < -0.39 is 0 Å². The minimum atomic E-state index is -0.312. The monoisotopic (exact) mass is 271 g/mol. The Labute approximate surface area is 114 Å². The van der Waals surface area contributed by atoms with Gasteiger partial charge in [0.15, 0.2) is 11.5 Å². The molecule has 102 valence electrons. The van der Waals surface area contributed by atoms with Crippen LogP contribution in [0.2, 0.25) is 5.02 Å². The summed E-state index contributed by atoms with van der Waals surface area (Å²) in [7, 11) is 3.25. The van der Waals surface area contributed by atoms with Gasteiger partial charge >= 0.3 is 0 Å². The highest BCUT2D eigenvalue weighted by Crippen LogP contribution is 2.39. The number of benzene rings is 1. The predicted molar refractivity (Wildman–Crippen MR) is 75.9 cm³/mol. The molecule has 0 amide bonds. The zero-order valence-corrected chi connectivity index (χ0v) is 12.5. The molecule has 0 bridgehead atoms. The van der Waals surface area contributed by atoms with E-state index in [1.165, 1.54) is 0 Å². The van der Waals surface area contributed by atoms with Crippen LogP contribution in [0, 0.1) is 0 Å². The van der Waals surface area contributed by atoms with Crippen LogP contribution in [-0.2, 0) is 12.8 Å². The maximum Gasteiger partial charge on any atom is 0.164 e. The molecule has 0 aliphatic rings. The standard InChI is InChI=1S/C14H22ClNO2/c1-6-9-10(8-14(2,3)16)11(15)7-12(17-4)13(9)18-5/h7H,6,8,16H2,1-5H3. The molecule has 1 aromatic rings. The molecule has 3 nitrogen and oxygen atoms in total. The van der Waals surface area contributed by atoms with Crippen molar-refractivity contribution < 1.29 is 9.47 Å². The molecule has 0 saturated heterocycles. The van der Waals surface area contributed by atoms with Crippen molar-refractivity contribution in [3.63, 3.8) is 0 Å². The van der Waals surface area contributed by atoms with Gasteiger partial charge in [-0.2, -0.15) is 0 Å². The van der Waals surface area contributed by atoms with Gasteiger partial charge < -0.3 is 15.2 Å². The SMILES string of the molecule is CCc1c(CC(C)(C)N)c(Cl)cc(OC)c1OC. The van der Waals surface area contributed by atoms with E-state index in [2.05, 4.69) is 6.92 Å². The van der Waals surface area contributed by atoms with Crippen molar-refractivity contribution >= 4 is 11.6 Å². The van der Waals surface area contributed by atoms with Gasteiger partial charge in [-0.25, -0.2) is 0 Å². The number of nitrogens with two attached hydrogens (primary N) is 1. The van der Waals surface area contributed by atoms with E-state index in [4.69, 9.17) is 26.8 Å². The summed E-state index contributed by atoms with van der Waals surface area (Å²) in [6, 6.07) is 1.79. The van der Waals surface area contributed by atoms with Crippen molar-refractivity contribution in [1.29, 1.82) is 0 Å². The van der Waals surface area contributed by atoms with E-state index >= 15 is 0 Å². The molecule has 0 fully saturated rings. The summed E-state index contributed by atoms with van der Waals surface area (Å²) in [6.45, 7) is 6.04. The van der Waals surface area contributed by atoms with Crippen molar-refractivity contribution in [2.75, 3.05) is 14.2 Å². The Morgan fingerprint density at radius 3 is 2.22 bits per heavy atom. The van der Waals surface area contributed by atoms with Crippen LogP contribution in [0.3, 0.4) is 0 Å². The summed E-state index contributed by atoms with van der Waals surface area (Å²) >= 11 is 6.34. The molecule has 0 atom stereocenters. The maximum absolute atomic E-state index is 6.34. The second-order valence-corrected chi connectivity index (χ2v) is 5.48. The Morgan fingerprint density at radius 2 is 1.83 bits per heavy atom. The lowest BCUT2D eigenvalue weighted by Crippen LogP contribution is -2.35. The fraction of sp³-hybridized carbons (Fsp3) is 0.571. The molecule has 0 saturated carbocycles. The fourth-order valence-corrected chi connectivity index (χ4v) is 2.37. The first kappa shape index (κ1) is 15.1. The van der Waals surface area contributed by atoms with Gasteiger partial charge in [0.2, 0.25) is 0 Å². The fourth-order valence-electron chi connectivity index (χ4n) is 2.09. The largest absolute Gasteiger partial charge is 0.493 e. The molecular weight excluding hydrogens is 250 g/mol. The van der Waals surface area contributed by atoms with Gasteiger partial charge in [0.1, 0.15) is 0 Å². The third-order valence-corrected chi connectivity index (χ3v) is 3.16. The molecule has 1 aromatic carbocycles. The van der Waals surface area contributed by atoms with Crippen LogP contribution in [0.1, 0.15) is 31.9 Å². The number of ether oxygens (including phenoxy) is 2. The van der Waals surface area contributed by atoms with Crippen LogP contribution >= 0.6 is 11.6 Å². The third-order valence-electron chi connectivity index (χ3n) is 2.82. The molecule has 0 unspecified atom stereocenters. The van der Waals surface area contributed by atoms with Crippen LogP contribution in [0.15, 0.2) is 6.07 Å². The third kappa shape index (κ3) is 3.30. The Balaban J connectivity index is 3.41. The van der Waals surface area contributed by atoms with Gasteiger partial charge in [-0.15, -0.1) is 0 Å².